The van der Waals surface area contributed by atoms with Crippen molar-refractivity contribution >= 4 is 6.03 Å². The Morgan fingerprint density at radius 2 is 2.13 bits per heavy atom. The summed E-state index contributed by atoms with van der Waals surface area (Å²) >= 11 is 0. The van der Waals surface area contributed by atoms with Gasteiger partial charge in [-0.2, -0.15) is 0 Å². The van der Waals surface area contributed by atoms with E-state index in [-0.39, 0.29) is 17.7 Å². The van der Waals surface area contributed by atoms with E-state index in [2.05, 4.69) is 12.2 Å². The van der Waals surface area contributed by atoms with E-state index in [1.165, 1.54) is 0 Å². The van der Waals surface area contributed by atoms with Crippen molar-refractivity contribution in [1.29, 1.82) is 0 Å². The lowest BCUT2D eigenvalue weighted by atomic mass is 9.95. The number of ether oxygens (including phenoxy) is 1. The summed E-state index contributed by atoms with van der Waals surface area (Å²) in [4.78, 5) is 13.8. The number of carbonyl (C=O) groups excluding carboxylic acids is 1. The molecule has 2 atom stereocenters. The monoisotopic (exact) mass is 212 g/mol. The lowest BCUT2D eigenvalue weighted by molar-refractivity contribution is 0.0887. The number of likely N-dealkylation sites (tertiary alicyclic amines) is 1. The van der Waals surface area contributed by atoms with E-state index in [1.54, 1.807) is 0 Å². The van der Waals surface area contributed by atoms with Crippen LogP contribution < -0.4 is 5.32 Å². The topological polar surface area (TPSA) is 41.6 Å². The molecule has 0 radical (unpaired) electrons. The van der Waals surface area contributed by atoms with E-state index < -0.39 is 0 Å². The van der Waals surface area contributed by atoms with Crippen molar-refractivity contribution in [3.05, 3.63) is 0 Å². The van der Waals surface area contributed by atoms with Crippen molar-refractivity contribution in [1.82, 2.24) is 10.2 Å². The van der Waals surface area contributed by atoms with Gasteiger partial charge >= 0.3 is 6.03 Å². The van der Waals surface area contributed by atoms with Gasteiger partial charge in [-0.05, 0) is 33.1 Å². The maximum absolute atomic E-state index is 11.9. The first-order valence-corrected chi connectivity index (χ1v) is 5.80. The lowest BCUT2D eigenvalue weighted by Gasteiger charge is -2.31. The molecule has 0 aromatic rings. The molecule has 2 aliphatic rings. The van der Waals surface area contributed by atoms with Crippen LogP contribution in [0.1, 0.15) is 33.1 Å². The zero-order chi connectivity index (χ0) is 10.9. The van der Waals surface area contributed by atoms with Gasteiger partial charge in [-0.1, -0.05) is 0 Å². The largest absolute Gasteiger partial charge is 0.376 e. The molecule has 2 rings (SSSR count). The number of rotatable bonds is 1. The van der Waals surface area contributed by atoms with Crippen molar-refractivity contribution in [2.75, 3.05) is 19.7 Å². The maximum atomic E-state index is 11.9. The lowest BCUT2D eigenvalue weighted by Crippen LogP contribution is -2.54. The number of nitrogens with zero attached hydrogens (tertiary/aromatic N) is 1. The smallest absolute Gasteiger partial charge is 0.317 e. The van der Waals surface area contributed by atoms with Crippen molar-refractivity contribution in [3.63, 3.8) is 0 Å². The minimum Gasteiger partial charge on any atom is -0.376 e. The average Bonchev–Trinajstić information content (AvgIpc) is 2.78. The molecule has 4 nitrogen and oxygen atoms in total. The number of carbonyl (C=O) groups is 1. The Bertz CT molecular complexity index is 251. The number of hydrogen-bond acceptors (Lipinski definition) is 2. The average molecular weight is 212 g/mol. The summed E-state index contributed by atoms with van der Waals surface area (Å²) in [6.07, 6.45) is 3.30. The van der Waals surface area contributed by atoms with Crippen LogP contribution in [0.3, 0.4) is 0 Å². The predicted molar refractivity (Wildman–Crippen MR) is 57.8 cm³/mol. The Kier molecular flexibility index (Phi) is 2.87. The minimum atomic E-state index is -0.181. The molecule has 2 amide bonds. The van der Waals surface area contributed by atoms with E-state index in [0.717, 1.165) is 39.0 Å². The van der Waals surface area contributed by atoms with Gasteiger partial charge in [0.2, 0.25) is 0 Å². The van der Waals surface area contributed by atoms with Gasteiger partial charge in [0.05, 0.1) is 11.6 Å². The number of nitrogens with one attached hydrogen (secondary N) is 1. The number of urea groups is 1. The van der Waals surface area contributed by atoms with Gasteiger partial charge in [0.1, 0.15) is 0 Å². The van der Waals surface area contributed by atoms with Crippen molar-refractivity contribution in [3.8, 4) is 0 Å². The standard InChI is InChI=1S/C11H20N2O2/c1-9-11(2,5-8-15-9)12-10(14)13-6-3-4-7-13/h9H,3-8H2,1-2H3,(H,12,14). The van der Waals surface area contributed by atoms with Crippen LogP contribution in [0.5, 0.6) is 0 Å². The molecule has 2 fully saturated rings. The highest BCUT2D eigenvalue weighted by atomic mass is 16.5. The van der Waals surface area contributed by atoms with E-state index >= 15 is 0 Å². The molecule has 0 saturated carbocycles. The Labute approximate surface area is 91.0 Å². The molecule has 0 aromatic carbocycles. The summed E-state index contributed by atoms with van der Waals surface area (Å²) < 4.78 is 5.50. The molecule has 1 N–H and O–H groups in total. The van der Waals surface area contributed by atoms with Crippen LogP contribution >= 0.6 is 0 Å². The van der Waals surface area contributed by atoms with Gasteiger partial charge in [0.25, 0.3) is 0 Å². The van der Waals surface area contributed by atoms with Gasteiger partial charge < -0.3 is 15.0 Å². The predicted octanol–water partition coefficient (Wildman–Crippen LogP) is 1.36. The van der Waals surface area contributed by atoms with Crippen LogP contribution in [0.2, 0.25) is 0 Å². The Morgan fingerprint density at radius 3 is 2.67 bits per heavy atom. The zero-order valence-electron chi connectivity index (χ0n) is 9.58. The summed E-state index contributed by atoms with van der Waals surface area (Å²) in [6, 6.07) is 0.0763. The molecule has 2 heterocycles. The third-order valence-electron chi connectivity index (χ3n) is 3.67. The SMILES string of the molecule is CC1OCCC1(C)NC(=O)N1CCCC1. The number of hydrogen-bond donors (Lipinski definition) is 1. The molecule has 2 unspecified atom stereocenters. The Hall–Kier alpha value is -0.770. The molecule has 0 aromatic heterocycles. The summed E-state index contributed by atoms with van der Waals surface area (Å²) in [5.74, 6) is 0. The fourth-order valence-electron chi connectivity index (χ4n) is 2.24. The maximum Gasteiger partial charge on any atom is 0.317 e. The van der Waals surface area contributed by atoms with Crippen molar-refractivity contribution in [2.24, 2.45) is 0 Å². The molecule has 4 heteroatoms. The molecule has 0 bridgehead atoms. The van der Waals surface area contributed by atoms with Gasteiger partial charge in [0.15, 0.2) is 0 Å². The molecule has 2 aliphatic heterocycles. The van der Waals surface area contributed by atoms with E-state index in [4.69, 9.17) is 4.74 Å². The van der Waals surface area contributed by atoms with Gasteiger partial charge in [-0.15, -0.1) is 0 Å². The first-order valence-electron chi connectivity index (χ1n) is 5.80. The third-order valence-corrected chi connectivity index (χ3v) is 3.67. The van der Waals surface area contributed by atoms with Gasteiger partial charge in [-0.25, -0.2) is 4.79 Å². The molecule has 2 saturated heterocycles. The second-order valence-electron chi connectivity index (χ2n) is 4.80. The molecule has 15 heavy (non-hydrogen) atoms. The second-order valence-corrected chi connectivity index (χ2v) is 4.80. The molecule has 0 aliphatic carbocycles. The Morgan fingerprint density at radius 1 is 1.47 bits per heavy atom. The molecule has 0 spiro atoms. The first-order chi connectivity index (χ1) is 7.12. The van der Waals surface area contributed by atoms with Crippen LogP contribution in [0.25, 0.3) is 0 Å². The normalized spacial score (nSPS) is 35.9. The van der Waals surface area contributed by atoms with E-state index in [9.17, 15) is 4.79 Å². The van der Waals surface area contributed by atoms with Crippen LogP contribution in [0, 0.1) is 0 Å². The molecular formula is C11H20N2O2. The summed E-state index contributed by atoms with van der Waals surface area (Å²) in [6.45, 7) is 6.64. The summed E-state index contributed by atoms with van der Waals surface area (Å²) in [5, 5.41) is 3.11. The molecule has 86 valence electrons. The van der Waals surface area contributed by atoms with E-state index in [1.807, 2.05) is 11.8 Å². The number of amides is 2. The quantitative estimate of drug-likeness (QED) is 0.713. The Balaban J connectivity index is 1.92. The summed E-state index contributed by atoms with van der Waals surface area (Å²) in [7, 11) is 0. The minimum absolute atomic E-state index is 0.0763. The van der Waals surface area contributed by atoms with E-state index in [0.29, 0.717) is 0 Å². The highest BCUT2D eigenvalue weighted by Gasteiger charge is 2.39. The van der Waals surface area contributed by atoms with Crippen LogP contribution in [0.4, 0.5) is 4.79 Å². The molecular weight excluding hydrogens is 192 g/mol. The van der Waals surface area contributed by atoms with Gasteiger partial charge in [0, 0.05) is 19.7 Å². The zero-order valence-corrected chi connectivity index (χ0v) is 9.58. The fraction of sp³-hybridized carbons (Fsp3) is 0.909. The van der Waals surface area contributed by atoms with Crippen LogP contribution in [-0.2, 0) is 4.74 Å². The fourth-order valence-corrected chi connectivity index (χ4v) is 2.24. The summed E-state index contributed by atoms with van der Waals surface area (Å²) in [5.41, 5.74) is -0.181. The van der Waals surface area contributed by atoms with Gasteiger partial charge in [-0.3, -0.25) is 0 Å². The third kappa shape index (κ3) is 2.09. The van der Waals surface area contributed by atoms with Crippen molar-refractivity contribution < 1.29 is 9.53 Å². The first kappa shape index (κ1) is 10.7. The van der Waals surface area contributed by atoms with Crippen molar-refractivity contribution in [2.45, 2.75) is 44.8 Å². The van der Waals surface area contributed by atoms with Crippen LogP contribution in [-0.4, -0.2) is 42.3 Å². The highest BCUT2D eigenvalue weighted by Crippen LogP contribution is 2.25. The van der Waals surface area contributed by atoms with Crippen LogP contribution in [0.15, 0.2) is 0 Å². The highest BCUT2D eigenvalue weighted by molar-refractivity contribution is 5.75. The second kappa shape index (κ2) is 4.00.